The summed E-state index contributed by atoms with van der Waals surface area (Å²) >= 11 is 0. The maximum absolute atomic E-state index is 5.45. The Morgan fingerprint density at radius 2 is 1.88 bits per heavy atom. The van der Waals surface area contributed by atoms with Crippen molar-refractivity contribution in [2.75, 3.05) is 12.3 Å². The molecule has 0 saturated heterocycles. The van der Waals surface area contributed by atoms with Crippen molar-refractivity contribution in [3.8, 4) is 11.3 Å². The topological polar surface area (TPSA) is 95.6 Å². The molecule has 0 atom stereocenters. The molecule has 0 unspecified atom stereocenters. The molecule has 2 rings (SSSR count). The van der Waals surface area contributed by atoms with Crippen LogP contribution >= 0.6 is 0 Å². The fourth-order valence-corrected chi connectivity index (χ4v) is 1.54. The summed E-state index contributed by atoms with van der Waals surface area (Å²) in [6.45, 7) is 1.66. The molecule has 4 N–H and O–H groups in total. The molecular formula is C11H16N6. The van der Waals surface area contributed by atoms with E-state index in [0.717, 1.165) is 37.2 Å². The summed E-state index contributed by atoms with van der Waals surface area (Å²) in [5.74, 6) is 0.274. The van der Waals surface area contributed by atoms with E-state index in [9.17, 15) is 0 Å². The van der Waals surface area contributed by atoms with Gasteiger partial charge in [0.15, 0.2) is 0 Å². The molecule has 0 radical (unpaired) electrons. The van der Waals surface area contributed by atoms with Crippen LogP contribution in [0.3, 0.4) is 0 Å². The minimum absolute atomic E-state index is 0.274. The summed E-state index contributed by atoms with van der Waals surface area (Å²) in [7, 11) is 0. The summed E-state index contributed by atoms with van der Waals surface area (Å²) in [6.07, 6.45) is 9.22. The maximum Gasteiger partial charge on any atom is 0.219 e. The second-order valence-corrected chi connectivity index (χ2v) is 3.82. The molecule has 0 aliphatic carbocycles. The summed E-state index contributed by atoms with van der Waals surface area (Å²) in [5, 5.41) is 0. The number of rotatable bonds is 5. The van der Waals surface area contributed by atoms with Crippen LogP contribution in [0.1, 0.15) is 12.8 Å². The monoisotopic (exact) mass is 232 g/mol. The molecular weight excluding hydrogens is 216 g/mol. The molecule has 0 spiro atoms. The van der Waals surface area contributed by atoms with Gasteiger partial charge in [0.1, 0.15) is 0 Å². The highest BCUT2D eigenvalue weighted by Crippen LogP contribution is 2.15. The number of hydrogen-bond donors (Lipinski definition) is 2. The van der Waals surface area contributed by atoms with Gasteiger partial charge in [-0.1, -0.05) is 0 Å². The van der Waals surface area contributed by atoms with Crippen molar-refractivity contribution in [3.63, 3.8) is 0 Å². The van der Waals surface area contributed by atoms with Crippen LogP contribution in [0.15, 0.2) is 24.9 Å². The van der Waals surface area contributed by atoms with Gasteiger partial charge in [-0.15, -0.1) is 0 Å². The van der Waals surface area contributed by atoms with Crippen LogP contribution in [0.4, 0.5) is 5.95 Å². The molecule has 0 aromatic carbocycles. The summed E-state index contributed by atoms with van der Waals surface area (Å²) in [4.78, 5) is 12.2. The first-order chi connectivity index (χ1) is 8.29. The molecule has 0 saturated carbocycles. The lowest BCUT2D eigenvalue weighted by molar-refractivity contribution is 0.614. The smallest absolute Gasteiger partial charge is 0.219 e. The van der Waals surface area contributed by atoms with E-state index in [0.29, 0.717) is 0 Å². The Labute approximate surface area is 99.7 Å². The van der Waals surface area contributed by atoms with Crippen molar-refractivity contribution in [1.29, 1.82) is 0 Å². The van der Waals surface area contributed by atoms with Gasteiger partial charge < -0.3 is 16.0 Å². The van der Waals surface area contributed by atoms with Crippen LogP contribution < -0.4 is 11.5 Å². The van der Waals surface area contributed by atoms with E-state index < -0.39 is 0 Å². The van der Waals surface area contributed by atoms with Gasteiger partial charge in [-0.05, 0) is 19.4 Å². The van der Waals surface area contributed by atoms with E-state index in [2.05, 4.69) is 15.0 Å². The number of imidazole rings is 1. The molecule has 0 bridgehead atoms. The van der Waals surface area contributed by atoms with Gasteiger partial charge in [-0.25, -0.2) is 15.0 Å². The van der Waals surface area contributed by atoms with E-state index >= 15 is 0 Å². The average molecular weight is 232 g/mol. The zero-order valence-electron chi connectivity index (χ0n) is 9.58. The first kappa shape index (κ1) is 11.5. The lowest BCUT2D eigenvalue weighted by atomic mass is 10.2. The number of nitrogens with zero attached hydrogens (tertiary/aromatic N) is 4. The molecule has 0 aliphatic heterocycles. The Bertz CT molecular complexity index is 461. The third-order valence-electron chi connectivity index (χ3n) is 2.47. The minimum atomic E-state index is 0.274. The van der Waals surface area contributed by atoms with Gasteiger partial charge in [-0.3, -0.25) is 0 Å². The van der Waals surface area contributed by atoms with Crippen LogP contribution in [0, 0.1) is 0 Å². The Balaban J connectivity index is 2.04. The largest absolute Gasteiger partial charge is 0.368 e. The number of anilines is 1. The molecule has 6 nitrogen and oxygen atoms in total. The van der Waals surface area contributed by atoms with Crippen LogP contribution in [-0.4, -0.2) is 26.1 Å². The molecule has 2 aromatic rings. The van der Waals surface area contributed by atoms with E-state index in [4.69, 9.17) is 11.5 Å². The normalized spacial score (nSPS) is 10.6. The van der Waals surface area contributed by atoms with Gasteiger partial charge >= 0.3 is 0 Å². The number of unbranched alkanes of at least 4 members (excludes halogenated alkanes) is 1. The number of aryl methyl sites for hydroxylation is 1. The number of aromatic nitrogens is 4. The van der Waals surface area contributed by atoms with Crippen LogP contribution in [-0.2, 0) is 6.54 Å². The zero-order chi connectivity index (χ0) is 12.1. The predicted octanol–water partition coefficient (Wildman–Crippen LogP) is 0.661. The van der Waals surface area contributed by atoms with Crippen LogP contribution in [0.2, 0.25) is 0 Å². The van der Waals surface area contributed by atoms with Crippen molar-refractivity contribution in [2.45, 2.75) is 19.4 Å². The van der Waals surface area contributed by atoms with Gasteiger partial charge in [0.2, 0.25) is 5.95 Å². The molecule has 0 fully saturated rings. The van der Waals surface area contributed by atoms with Gasteiger partial charge in [0, 0.05) is 30.7 Å². The van der Waals surface area contributed by atoms with Crippen LogP contribution in [0.25, 0.3) is 11.3 Å². The van der Waals surface area contributed by atoms with Crippen molar-refractivity contribution in [3.05, 3.63) is 24.9 Å². The fourth-order valence-electron chi connectivity index (χ4n) is 1.54. The quantitative estimate of drug-likeness (QED) is 0.738. The van der Waals surface area contributed by atoms with E-state index in [1.165, 1.54) is 0 Å². The number of nitrogen functional groups attached to an aromatic ring is 1. The zero-order valence-corrected chi connectivity index (χ0v) is 9.58. The maximum atomic E-state index is 5.45. The third kappa shape index (κ3) is 3.01. The first-order valence-electron chi connectivity index (χ1n) is 5.59. The number of nitrogens with two attached hydrogens (primary N) is 2. The van der Waals surface area contributed by atoms with Crippen molar-refractivity contribution in [1.82, 2.24) is 19.5 Å². The van der Waals surface area contributed by atoms with Crippen molar-refractivity contribution >= 4 is 5.95 Å². The van der Waals surface area contributed by atoms with Crippen molar-refractivity contribution in [2.24, 2.45) is 5.73 Å². The molecule has 90 valence electrons. The minimum Gasteiger partial charge on any atom is -0.368 e. The molecule has 0 amide bonds. The predicted molar refractivity (Wildman–Crippen MR) is 66.0 cm³/mol. The summed E-state index contributed by atoms with van der Waals surface area (Å²) in [6, 6.07) is 0. The summed E-state index contributed by atoms with van der Waals surface area (Å²) < 4.78 is 2.04. The van der Waals surface area contributed by atoms with E-state index in [1.807, 2.05) is 17.1 Å². The Hall–Kier alpha value is -1.95. The highest BCUT2D eigenvalue weighted by Gasteiger charge is 2.03. The Morgan fingerprint density at radius 3 is 2.59 bits per heavy atom. The van der Waals surface area contributed by atoms with E-state index in [-0.39, 0.29) is 5.95 Å². The van der Waals surface area contributed by atoms with Gasteiger partial charge in [-0.2, -0.15) is 0 Å². The SMILES string of the molecule is NCCCCn1cnc(-c2cnc(N)nc2)c1. The lowest BCUT2D eigenvalue weighted by Crippen LogP contribution is -2.01. The number of hydrogen-bond acceptors (Lipinski definition) is 5. The fraction of sp³-hybridized carbons (Fsp3) is 0.364. The highest BCUT2D eigenvalue weighted by atomic mass is 15.0. The average Bonchev–Trinajstić information content (AvgIpc) is 2.79. The standard InChI is InChI=1S/C11H16N6/c12-3-1-2-4-17-7-10(16-8-17)9-5-14-11(13)15-6-9/h5-8H,1-4,12H2,(H2,13,14,15). The Morgan fingerprint density at radius 1 is 1.12 bits per heavy atom. The second-order valence-electron chi connectivity index (χ2n) is 3.82. The van der Waals surface area contributed by atoms with Crippen LogP contribution in [0.5, 0.6) is 0 Å². The summed E-state index contributed by atoms with van der Waals surface area (Å²) in [5.41, 5.74) is 12.6. The van der Waals surface area contributed by atoms with Gasteiger partial charge in [0.25, 0.3) is 0 Å². The molecule has 0 aliphatic rings. The molecule has 2 aromatic heterocycles. The first-order valence-corrected chi connectivity index (χ1v) is 5.59. The lowest BCUT2D eigenvalue weighted by Gasteiger charge is -1.99. The molecule has 6 heteroatoms. The third-order valence-corrected chi connectivity index (χ3v) is 2.47. The highest BCUT2D eigenvalue weighted by molar-refractivity contribution is 5.56. The molecule has 17 heavy (non-hydrogen) atoms. The second kappa shape index (κ2) is 5.40. The van der Waals surface area contributed by atoms with Crippen molar-refractivity contribution < 1.29 is 0 Å². The molecule has 2 heterocycles. The Kier molecular flexibility index (Phi) is 3.66. The van der Waals surface area contributed by atoms with Gasteiger partial charge in [0.05, 0.1) is 12.0 Å². The van der Waals surface area contributed by atoms with E-state index in [1.54, 1.807) is 12.4 Å².